The molecule has 1 fully saturated rings. The molecule has 1 amide bonds. The lowest BCUT2D eigenvalue weighted by molar-refractivity contribution is 0.0676. The number of anilines is 1. The van der Waals surface area contributed by atoms with Crippen molar-refractivity contribution in [3.8, 4) is 5.69 Å². The second kappa shape index (κ2) is 6.38. The monoisotopic (exact) mass is 395 g/mol. The minimum absolute atomic E-state index is 0.0434. The summed E-state index contributed by atoms with van der Waals surface area (Å²) in [6, 6.07) is 16.1. The Bertz CT molecular complexity index is 1070. The Morgan fingerprint density at radius 2 is 1.86 bits per heavy atom. The van der Waals surface area contributed by atoms with Crippen molar-refractivity contribution in [2.24, 2.45) is 0 Å². The van der Waals surface area contributed by atoms with Crippen molar-refractivity contribution in [2.75, 3.05) is 18.4 Å². The zero-order valence-electron chi connectivity index (χ0n) is 15.2. The lowest BCUT2D eigenvalue weighted by Gasteiger charge is -2.46. The number of carbonyl (C=O) groups is 1. The number of amides is 1. The highest BCUT2D eigenvalue weighted by Gasteiger charge is 2.42. The number of aromatic nitrogens is 1. The molecule has 5 rings (SSSR count). The highest BCUT2D eigenvalue weighted by molar-refractivity contribution is 6.33. The fourth-order valence-electron chi connectivity index (χ4n) is 4.40. The topological polar surface area (TPSA) is 37.3 Å². The van der Waals surface area contributed by atoms with Gasteiger partial charge in [-0.3, -0.25) is 4.79 Å². The molecule has 6 heteroatoms. The number of fused-ring (bicyclic) bond motifs is 4. The first-order valence-electron chi connectivity index (χ1n) is 9.37. The fraction of sp³-hybridized carbons (Fsp3) is 0.227. The largest absolute Gasteiger partial charge is 0.372 e. The standard InChI is InChI=1S/C22H19ClFN3O/c23-17-5-2-1-4-16(17)21(28)26-12-9-22(10-13-26)20-6-3-11-27(20)19-8-7-15(24)14-18(19)25-22/h1-8,11,14,25H,9-10,12-13H2. The van der Waals surface area contributed by atoms with Crippen LogP contribution in [0.1, 0.15) is 28.9 Å². The van der Waals surface area contributed by atoms with E-state index in [2.05, 4.69) is 16.0 Å². The van der Waals surface area contributed by atoms with E-state index in [0.717, 1.165) is 29.9 Å². The van der Waals surface area contributed by atoms with Crippen molar-refractivity contribution in [2.45, 2.75) is 18.4 Å². The number of benzene rings is 2. The van der Waals surface area contributed by atoms with E-state index < -0.39 is 0 Å². The van der Waals surface area contributed by atoms with Gasteiger partial charge in [-0.25, -0.2) is 4.39 Å². The zero-order valence-corrected chi connectivity index (χ0v) is 15.9. The van der Waals surface area contributed by atoms with Crippen molar-refractivity contribution >= 4 is 23.2 Å². The summed E-state index contributed by atoms with van der Waals surface area (Å²) in [5.74, 6) is -0.304. The Hall–Kier alpha value is -2.79. The van der Waals surface area contributed by atoms with Crippen molar-refractivity contribution in [1.82, 2.24) is 9.47 Å². The summed E-state index contributed by atoms with van der Waals surface area (Å²) >= 11 is 6.21. The fourth-order valence-corrected chi connectivity index (χ4v) is 4.62. The Balaban J connectivity index is 1.43. The maximum Gasteiger partial charge on any atom is 0.255 e. The molecule has 28 heavy (non-hydrogen) atoms. The third kappa shape index (κ3) is 2.61. The normalized spacial score (nSPS) is 17.0. The van der Waals surface area contributed by atoms with E-state index in [0.29, 0.717) is 23.7 Å². The highest BCUT2D eigenvalue weighted by atomic mass is 35.5. The molecule has 4 nitrogen and oxygen atoms in total. The maximum atomic E-state index is 13.8. The van der Waals surface area contributed by atoms with E-state index >= 15 is 0 Å². The quantitative estimate of drug-likeness (QED) is 0.641. The lowest BCUT2D eigenvalue weighted by atomic mass is 9.82. The lowest BCUT2D eigenvalue weighted by Crippen LogP contribution is -2.51. The van der Waals surface area contributed by atoms with Gasteiger partial charge in [-0.15, -0.1) is 0 Å². The van der Waals surface area contributed by atoms with Gasteiger partial charge in [0.05, 0.1) is 27.5 Å². The van der Waals surface area contributed by atoms with Gasteiger partial charge in [0.1, 0.15) is 5.82 Å². The third-order valence-electron chi connectivity index (χ3n) is 5.84. The molecule has 1 aromatic heterocycles. The van der Waals surface area contributed by atoms with Gasteiger partial charge in [0.15, 0.2) is 0 Å². The van der Waals surface area contributed by atoms with Crippen LogP contribution in [0.5, 0.6) is 0 Å². The van der Waals surface area contributed by atoms with E-state index in [1.165, 1.54) is 6.07 Å². The second-order valence-corrected chi connectivity index (χ2v) is 7.81. The van der Waals surface area contributed by atoms with Gasteiger partial charge in [0.25, 0.3) is 5.91 Å². The molecule has 0 aliphatic carbocycles. The molecule has 3 heterocycles. The first-order chi connectivity index (χ1) is 13.6. The minimum Gasteiger partial charge on any atom is -0.372 e. The van der Waals surface area contributed by atoms with Crippen LogP contribution in [0.15, 0.2) is 60.8 Å². The summed E-state index contributed by atoms with van der Waals surface area (Å²) in [4.78, 5) is 14.7. The molecule has 1 N–H and O–H groups in total. The minimum atomic E-state index is -0.318. The highest BCUT2D eigenvalue weighted by Crippen LogP contribution is 2.43. The predicted octanol–water partition coefficient (Wildman–Crippen LogP) is 4.83. The van der Waals surface area contributed by atoms with Gasteiger partial charge in [0.2, 0.25) is 0 Å². The molecule has 1 spiro atoms. The van der Waals surface area contributed by atoms with Crippen LogP contribution in [0.2, 0.25) is 5.02 Å². The van der Waals surface area contributed by atoms with E-state index in [4.69, 9.17) is 11.6 Å². The van der Waals surface area contributed by atoms with Crippen LogP contribution in [0.25, 0.3) is 5.69 Å². The summed E-state index contributed by atoms with van der Waals surface area (Å²) in [7, 11) is 0. The molecule has 3 aromatic rings. The maximum absolute atomic E-state index is 13.8. The van der Waals surface area contributed by atoms with Gasteiger partial charge >= 0.3 is 0 Å². The molecule has 0 bridgehead atoms. The molecule has 0 unspecified atom stereocenters. The van der Waals surface area contributed by atoms with Gasteiger partial charge in [-0.2, -0.15) is 0 Å². The number of hydrogen-bond acceptors (Lipinski definition) is 2. The molecule has 1 saturated heterocycles. The van der Waals surface area contributed by atoms with Crippen LogP contribution in [0, 0.1) is 5.82 Å². The molecule has 0 atom stereocenters. The van der Waals surface area contributed by atoms with Crippen LogP contribution in [0.3, 0.4) is 0 Å². The molecule has 142 valence electrons. The number of hydrogen-bond donors (Lipinski definition) is 1. The first kappa shape index (κ1) is 17.3. The number of rotatable bonds is 1. The SMILES string of the molecule is O=C(c1ccccc1Cl)N1CCC2(CC1)Nc1cc(F)ccc1-n1cccc12. The Labute approximate surface area is 167 Å². The Morgan fingerprint density at radius 1 is 1.07 bits per heavy atom. The van der Waals surface area contributed by atoms with Crippen molar-refractivity contribution < 1.29 is 9.18 Å². The van der Waals surface area contributed by atoms with E-state index in [-0.39, 0.29) is 17.3 Å². The van der Waals surface area contributed by atoms with Crippen LogP contribution in [0.4, 0.5) is 10.1 Å². The van der Waals surface area contributed by atoms with E-state index in [1.807, 2.05) is 29.3 Å². The Morgan fingerprint density at radius 3 is 2.64 bits per heavy atom. The molecule has 2 aliphatic heterocycles. The van der Waals surface area contributed by atoms with Gasteiger partial charge in [0, 0.05) is 25.0 Å². The van der Waals surface area contributed by atoms with Crippen LogP contribution >= 0.6 is 11.6 Å². The van der Waals surface area contributed by atoms with E-state index in [9.17, 15) is 9.18 Å². The molecule has 0 radical (unpaired) electrons. The third-order valence-corrected chi connectivity index (χ3v) is 6.17. The summed E-state index contributed by atoms with van der Waals surface area (Å²) < 4.78 is 16.0. The molecule has 2 aliphatic rings. The van der Waals surface area contributed by atoms with Crippen molar-refractivity contribution in [1.29, 1.82) is 0 Å². The van der Waals surface area contributed by atoms with Gasteiger partial charge in [-0.1, -0.05) is 23.7 Å². The van der Waals surface area contributed by atoms with Crippen LogP contribution in [-0.2, 0) is 5.54 Å². The van der Waals surface area contributed by atoms with Gasteiger partial charge < -0.3 is 14.8 Å². The molecule has 2 aromatic carbocycles. The number of likely N-dealkylation sites (tertiary alicyclic amines) is 1. The average Bonchev–Trinajstić information content (AvgIpc) is 3.19. The zero-order chi connectivity index (χ0) is 19.3. The van der Waals surface area contributed by atoms with Crippen molar-refractivity contribution in [3.05, 3.63) is 82.9 Å². The summed E-state index contributed by atoms with van der Waals surface area (Å²) in [5.41, 5.74) is 3.10. The number of nitrogens with zero attached hydrogens (tertiary/aromatic N) is 2. The summed E-state index contributed by atoms with van der Waals surface area (Å²) in [6.45, 7) is 1.21. The number of halogens is 2. The molecular formula is C22H19ClFN3O. The molecular weight excluding hydrogens is 377 g/mol. The average molecular weight is 396 g/mol. The second-order valence-electron chi connectivity index (χ2n) is 7.40. The number of nitrogens with one attached hydrogen (secondary N) is 1. The molecule has 0 saturated carbocycles. The number of carbonyl (C=O) groups excluding carboxylic acids is 1. The van der Waals surface area contributed by atoms with Crippen LogP contribution in [-0.4, -0.2) is 28.5 Å². The summed E-state index contributed by atoms with van der Waals surface area (Å²) in [5, 5.41) is 4.06. The first-order valence-corrected chi connectivity index (χ1v) is 9.75. The smallest absolute Gasteiger partial charge is 0.255 e. The number of piperidine rings is 1. The predicted molar refractivity (Wildman–Crippen MR) is 108 cm³/mol. The van der Waals surface area contributed by atoms with Crippen molar-refractivity contribution in [3.63, 3.8) is 0 Å². The van der Waals surface area contributed by atoms with Crippen LogP contribution < -0.4 is 5.32 Å². The van der Waals surface area contributed by atoms with Gasteiger partial charge in [-0.05, 0) is 55.3 Å². The summed E-state index contributed by atoms with van der Waals surface area (Å²) in [6.07, 6.45) is 3.49. The van der Waals surface area contributed by atoms with E-state index in [1.54, 1.807) is 24.3 Å². The Kier molecular flexibility index (Phi) is 3.95.